The summed E-state index contributed by atoms with van der Waals surface area (Å²) in [5.41, 5.74) is 9.93. The van der Waals surface area contributed by atoms with Crippen LogP contribution in [-0.4, -0.2) is 54.6 Å². The van der Waals surface area contributed by atoms with E-state index in [2.05, 4.69) is 10.3 Å². The molecule has 5 aromatic rings. The van der Waals surface area contributed by atoms with Gasteiger partial charge in [0.15, 0.2) is 11.5 Å². The summed E-state index contributed by atoms with van der Waals surface area (Å²) < 4.78 is 17.2. The van der Waals surface area contributed by atoms with Crippen LogP contribution < -0.4 is 11.1 Å². The molecule has 10 nitrogen and oxygen atoms in total. The molecule has 0 radical (unpaired) electrons. The fraction of sp³-hybridized carbons (Fsp3) is 0.167. The van der Waals surface area contributed by atoms with Gasteiger partial charge in [-0.05, 0) is 49.2 Å². The number of aromatic nitrogens is 4. The molecule has 6 rings (SSSR count). The number of halogens is 1. The van der Waals surface area contributed by atoms with Crippen LogP contribution >= 0.6 is 0 Å². The third kappa shape index (κ3) is 5.05. The van der Waals surface area contributed by atoms with Crippen LogP contribution in [0.3, 0.4) is 0 Å². The first-order chi connectivity index (χ1) is 19.9. The molecular weight excluding hydrogens is 525 g/mol. The standard InChI is InChI=1S/C30H26FN7O3/c31-22-17-20(8-9-24(22)36-30(41)37-15-12-19(13-16-37)29(39)40)38-27(21-7-4-14-33-26(21)32)35-25-11-10-23(34-28(25)38)18-5-2-1-3-6-18/h1-11,14,17,19H,12-13,15-16H2,(H2,32,33)(H,36,41)(H,39,40). The first-order valence-corrected chi connectivity index (χ1v) is 13.1. The van der Waals surface area contributed by atoms with Crippen LogP contribution in [0, 0.1) is 11.7 Å². The number of nitrogens with zero attached hydrogens (tertiary/aromatic N) is 5. The van der Waals surface area contributed by atoms with Gasteiger partial charge in [0, 0.05) is 30.9 Å². The first-order valence-electron chi connectivity index (χ1n) is 13.1. The minimum Gasteiger partial charge on any atom is -0.481 e. The van der Waals surface area contributed by atoms with Crippen LogP contribution in [0.25, 0.3) is 39.5 Å². The third-order valence-electron chi connectivity index (χ3n) is 7.24. The van der Waals surface area contributed by atoms with Gasteiger partial charge in [0.2, 0.25) is 0 Å². The van der Waals surface area contributed by atoms with Crippen molar-refractivity contribution in [3.8, 4) is 28.3 Å². The molecule has 4 heterocycles. The summed E-state index contributed by atoms with van der Waals surface area (Å²) in [5.74, 6) is -1.28. The van der Waals surface area contributed by atoms with E-state index in [0.717, 1.165) is 11.3 Å². The molecule has 0 unspecified atom stereocenters. The lowest BCUT2D eigenvalue weighted by Crippen LogP contribution is -2.42. The van der Waals surface area contributed by atoms with Gasteiger partial charge in [-0.3, -0.25) is 9.36 Å². The van der Waals surface area contributed by atoms with Crippen molar-refractivity contribution < 1.29 is 19.1 Å². The zero-order valence-corrected chi connectivity index (χ0v) is 21.9. The summed E-state index contributed by atoms with van der Waals surface area (Å²) in [6.45, 7) is 0.573. The number of nitrogens with one attached hydrogen (secondary N) is 1. The second-order valence-corrected chi connectivity index (χ2v) is 9.81. The summed E-state index contributed by atoms with van der Waals surface area (Å²) in [6, 6.07) is 20.9. The molecule has 0 aliphatic carbocycles. The summed E-state index contributed by atoms with van der Waals surface area (Å²) >= 11 is 0. The zero-order chi connectivity index (χ0) is 28.5. The number of aliphatic carboxylic acids is 1. The average molecular weight is 552 g/mol. The van der Waals surface area contributed by atoms with E-state index in [0.29, 0.717) is 41.1 Å². The number of hydrogen-bond donors (Lipinski definition) is 3. The van der Waals surface area contributed by atoms with Crippen LogP contribution in [0.4, 0.5) is 20.7 Å². The minimum absolute atomic E-state index is 0.00362. The summed E-state index contributed by atoms with van der Waals surface area (Å²) in [4.78, 5) is 39.3. The molecule has 0 bridgehead atoms. The number of fused-ring (bicyclic) bond motifs is 1. The van der Waals surface area contributed by atoms with Crippen molar-refractivity contribution in [3.63, 3.8) is 0 Å². The highest BCUT2D eigenvalue weighted by Gasteiger charge is 2.27. The van der Waals surface area contributed by atoms with E-state index in [9.17, 15) is 14.7 Å². The Kier molecular flexibility index (Phi) is 6.76. The van der Waals surface area contributed by atoms with Crippen LogP contribution in [0.15, 0.2) is 79.0 Å². The number of carbonyl (C=O) groups excluding carboxylic acids is 1. The Morgan fingerprint density at radius 3 is 2.46 bits per heavy atom. The number of hydrogen-bond acceptors (Lipinski definition) is 6. The van der Waals surface area contributed by atoms with Gasteiger partial charge >= 0.3 is 12.0 Å². The predicted molar refractivity (Wildman–Crippen MR) is 153 cm³/mol. The highest BCUT2D eigenvalue weighted by atomic mass is 19.1. The molecule has 11 heteroatoms. The van der Waals surface area contributed by atoms with Gasteiger partial charge in [-0.1, -0.05) is 30.3 Å². The smallest absolute Gasteiger partial charge is 0.321 e. The van der Waals surface area contributed by atoms with Crippen LogP contribution in [-0.2, 0) is 4.79 Å². The van der Waals surface area contributed by atoms with Crippen molar-refractivity contribution >= 4 is 34.7 Å². The Hall–Kier alpha value is -5.32. The van der Waals surface area contributed by atoms with Crippen LogP contribution in [0.2, 0.25) is 0 Å². The second-order valence-electron chi connectivity index (χ2n) is 9.81. The normalized spacial score (nSPS) is 13.8. The van der Waals surface area contributed by atoms with E-state index in [1.165, 1.54) is 17.0 Å². The molecule has 41 heavy (non-hydrogen) atoms. The van der Waals surface area contributed by atoms with E-state index in [4.69, 9.17) is 15.7 Å². The molecule has 4 N–H and O–H groups in total. The Balaban J connectivity index is 1.38. The van der Waals surface area contributed by atoms with Gasteiger partial charge in [-0.2, -0.15) is 0 Å². The maximum Gasteiger partial charge on any atom is 0.321 e. The number of urea groups is 1. The Bertz CT molecular complexity index is 1770. The number of likely N-dealkylation sites (tertiary alicyclic amines) is 1. The quantitative estimate of drug-likeness (QED) is 0.273. The van der Waals surface area contributed by atoms with Crippen molar-refractivity contribution in [2.45, 2.75) is 12.8 Å². The fourth-order valence-corrected chi connectivity index (χ4v) is 5.03. The van der Waals surface area contributed by atoms with E-state index >= 15 is 4.39 Å². The van der Waals surface area contributed by atoms with Crippen molar-refractivity contribution in [2.75, 3.05) is 24.1 Å². The molecular formula is C30H26FN7O3. The monoisotopic (exact) mass is 551 g/mol. The number of carbonyl (C=O) groups is 2. The number of rotatable bonds is 5. The van der Waals surface area contributed by atoms with Crippen LogP contribution in [0.5, 0.6) is 0 Å². The number of piperidine rings is 1. The van der Waals surface area contributed by atoms with E-state index < -0.39 is 23.7 Å². The molecule has 1 aliphatic rings. The number of amides is 2. The van der Waals surface area contributed by atoms with Gasteiger partial charge in [0.25, 0.3) is 0 Å². The van der Waals surface area contributed by atoms with Crippen molar-refractivity contribution in [3.05, 3.63) is 84.8 Å². The lowest BCUT2D eigenvalue weighted by atomic mass is 9.97. The van der Waals surface area contributed by atoms with Gasteiger partial charge < -0.3 is 21.1 Å². The lowest BCUT2D eigenvalue weighted by Gasteiger charge is -2.30. The summed E-state index contributed by atoms with van der Waals surface area (Å²) in [7, 11) is 0. The van der Waals surface area contributed by atoms with Gasteiger partial charge in [0.05, 0.1) is 28.6 Å². The minimum atomic E-state index is -0.864. The Morgan fingerprint density at radius 1 is 0.976 bits per heavy atom. The van der Waals surface area contributed by atoms with E-state index in [1.54, 1.807) is 29.0 Å². The number of anilines is 2. The van der Waals surface area contributed by atoms with E-state index in [1.807, 2.05) is 42.5 Å². The van der Waals surface area contributed by atoms with Crippen molar-refractivity contribution in [2.24, 2.45) is 5.92 Å². The van der Waals surface area contributed by atoms with Crippen molar-refractivity contribution in [1.82, 2.24) is 24.4 Å². The highest BCUT2D eigenvalue weighted by Crippen LogP contribution is 2.33. The number of carboxylic acids is 1. The fourth-order valence-electron chi connectivity index (χ4n) is 5.03. The van der Waals surface area contributed by atoms with Gasteiger partial charge in [-0.15, -0.1) is 0 Å². The Morgan fingerprint density at radius 2 is 1.76 bits per heavy atom. The maximum atomic E-state index is 15.5. The lowest BCUT2D eigenvalue weighted by molar-refractivity contribution is -0.143. The number of imidazole rings is 1. The third-order valence-corrected chi connectivity index (χ3v) is 7.24. The first kappa shape index (κ1) is 25.9. The van der Waals surface area contributed by atoms with E-state index in [-0.39, 0.29) is 24.6 Å². The zero-order valence-electron chi connectivity index (χ0n) is 21.9. The maximum absolute atomic E-state index is 15.5. The second kappa shape index (κ2) is 10.7. The molecule has 2 aromatic carbocycles. The number of nitrogen functional groups attached to an aromatic ring is 1. The summed E-state index contributed by atoms with van der Waals surface area (Å²) in [6.07, 6.45) is 2.30. The SMILES string of the molecule is Nc1ncccc1-c1nc2ccc(-c3ccccc3)nc2n1-c1ccc(NC(=O)N2CCC(C(=O)O)CC2)c(F)c1. The number of carboxylic acid groups (broad SMARTS) is 1. The van der Waals surface area contributed by atoms with Gasteiger partial charge in [0.1, 0.15) is 17.2 Å². The molecule has 2 amide bonds. The molecule has 1 aliphatic heterocycles. The van der Waals surface area contributed by atoms with Crippen LogP contribution in [0.1, 0.15) is 12.8 Å². The molecule has 3 aromatic heterocycles. The van der Waals surface area contributed by atoms with Crippen molar-refractivity contribution in [1.29, 1.82) is 0 Å². The number of nitrogens with two attached hydrogens (primary N) is 1. The van der Waals surface area contributed by atoms with Gasteiger partial charge in [-0.25, -0.2) is 24.1 Å². The largest absolute Gasteiger partial charge is 0.481 e. The number of pyridine rings is 2. The molecule has 0 saturated carbocycles. The molecule has 206 valence electrons. The molecule has 1 saturated heterocycles. The summed E-state index contributed by atoms with van der Waals surface area (Å²) in [5, 5.41) is 11.8. The topological polar surface area (TPSA) is 139 Å². The molecule has 1 fully saturated rings. The molecule has 0 spiro atoms. The molecule has 0 atom stereocenters. The predicted octanol–water partition coefficient (Wildman–Crippen LogP) is 5.20. The Labute approximate surface area is 234 Å². The highest BCUT2D eigenvalue weighted by molar-refractivity contribution is 5.90. The average Bonchev–Trinajstić information content (AvgIpc) is 3.37. The number of benzene rings is 2.